The summed E-state index contributed by atoms with van der Waals surface area (Å²) in [5.41, 5.74) is 0.146. The van der Waals surface area contributed by atoms with E-state index in [1.165, 1.54) is 0 Å². The molecule has 54 valence electrons. The van der Waals surface area contributed by atoms with Gasteiger partial charge in [0, 0.05) is 11.8 Å². The van der Waals surface area contributed by atoms with Crippen molar-refractivity contribution in [2.24, 2.45) is 0 Å². The molecule has 0 aromatic heterocycles. The minimum absolute atomic E-state index is 0.146. The smallest absolute Gasteiger partial charge is 0.117 e. The van der Waals surface area contributed by atoms with Gasteiger partial charge in [0.2, 0.25) is 0 Å². The fourth-order valence-electron chi connectivity index (χ4n) is 0.388. The van der Waals surface area contributed by atoms with Crippen molar-refractivity contribution in [1.29, 1.82) is 5.41 Å². The first-order valence-electron chi connectivity index (χ1n) is 2.56. The van der Waals surface area contributed by atoms with E-state index >= 15 is 0 Å². The lowest BCUT2D eigenvalue weighted by Crippen LogP contribution is -1.88. The third kappa shape index (κ3) is 2.71. The van der Waals surface area contributed by atoms with Gasteiger partial charge < -0.3 is 15.6 Å². The third-order valence-corrected chi connectivity index (χ3v) is 0.811. The number of aliphatic hydroxyl groups excluding tert-OH is 2. The lowest BCUT2D eigenvalue weighted by molar-refractivity contribution is 0.421. The quantitative estimate of drug-likeness (QED) is 0.316. The van der Waals surface area contributed by atoms with Gasteiger partial charge in [-0.1, -0.05) is 13.2 Å². The number of allylic oxidation sites excluding steroid dienone is 2. The van der Waals surface area contributed by atoms with Crippen LogP contribution in [-0.4, -0.2) is 16.4 Å². The highest BCUT2D eigenvalue weighted by atomic mass is 16.3. The molecule has 0 saturated heterocycles. The van der Waals surface area contributed by atoms with Crippen LogP contribution < -0.4 is 0 Å². The molecule has 3 N–H and O–H groups in total. The van der Waals surface area contributed by atoms with Crippen LogP contribution in [0.5, 0.6) is 0 Å². The first-order chi connectivity index (χ1) is 4.57. The van der Waals surface area contributed by atoms with Gasteiger partial charge in [0.15, 0.2) is 0 Å². The van der Waals surface area contributed by atoms with E-state index in [-0.39, 0.29) is 17.1 Å². The van der Waals surface area contributed by atoms with E-state index in [0.29, 0.717) is 0 Å². The standard InChI is InChI=1S/C7H9NO2/c1-5(9)3-7(4-8)6(2)10/h3-4,8-10H,1-2H2/b7-3-,8-4?. The van der Waals surface area contributed by atoms with Gasteiger partial charge in [-0.25, -0.2) is 0 Å². The molecule has 0 rings (SSSR count). The Hall–Kier alpha value is -1.51. The summed E-state index contributed by atoms with van der Waals surface area (Å²) >= 11 is 0. The minimum atomic E-state index is -0.259. The second-order valence-electron chi connectivity index (χ2n) is 1.68. The summed E-state index contributed by atoms with van der Waals surface area (Å²) in [5, 5.41) is 24.0. The van der Waals surface area contributed by atoms with E-state index in [2.05, 4.69) is 13.2 Å². The number of hydrogen-bond acceptors (Lipinski definition) is 3. The predicted octanol–water partition coefficient (Wildman–Crippen LogP) is 1.71. The van der Waals surface area contributed by atoms with Gasteiger partial charge in [0.25, 0.3) is 0 Å². The maximum atomic E-state index is 8.69. The van der Waals surface area contributed by atoms with Crippen LogP contribution in [0.25, 0.3) is 0 Å². The largest absolute Gasteiger partial charge is 0.509 e. The van der Waals surface area contributed by atoms with Crippen molar-refractivity contribution in [2.75, 3.05) is 0 Å². The fraction of sp³-hybridized carbons (Fsp3) is 0. The molecule has 0 aromatic carbocycles. The van der Waals surface area contributed by atoms with Crippen LogP contribution in [0.1, 0.15) is 0 Å². The highest BCUT2D eigenvalue weighted by Crippen LogP contribution is 2.02. The van der Waals surface area contributed by atoms with Crippen molar-refractivity contribution in [2.45, 2.75) is 0 Å². The van der Waals surface area contributed by atoms with Crippen molar-refractivity contribution >= 4 is 6.21 Å². The number of nitrogens with one attached hydrogen (secondary N) is 1. The van der Waals surface area contributed by atoms with Gasteiger partial charge in [-0.05, 0) is 6.08 Å². The Labute approximate surface area is 59.1 Å². The Morgan fingerprint density at radius 2 is 1.80 bits per heavy atom. The van der Waals surface area contributed by atoms with E-state index < -0.39 is 0 Å². The summed E-state index contributed by atoms with van der Waals surface area (Å²) < 4.78 is 0. The van der Waals surface area contributed by atoms with Crippen LogP contribution in [0, 0.1) is 5.41 Å². The predicted molar refractivity (Wildman–Crippen MR) is 40.4 cm³/mol. The van der Waals surface area contributed by atoms with Crippen LogP contribution in [0.2, 0.25) is 0 Å². The summed E-state index contributed by atoms with van der Waals surface area (Å²) in [6.45, 7) is 6.31. The van der Waals surface area contributed by atoms with Crippen LogP contribution >= 0.6 is 0 Å². The van der Waals surface area contributed by atoms with Crippen LogP contribution in [0.15, 0.2) is 36.3 Å². The van der Waals surface area contributed by atoms with Gasteiger partial charge in [0.1, 0.15) is 11.5 Å². The van der Waals surface area contributed by atoms with Crippen molar-refractivity contribution < 1.29 is 10.2 Å². The molecule has 0 fully saturated rings. The Balaban J connectivity index is 4.49. The molecule has 0 heterocycles. The molecule has 0 aliphatic carbocycles. The summed E-state index contributed by atoms with van der Waals surface area (Å²) in [6.07, 6.45) is 2.03. The summed E-state index contributed by atoms with van der Waals surface area (Å²) in [7, 11) is 0. The zero-order chi connectivity index (χ0) is 8.15. The molecule has 0 aliphatic rings. The van der Waals surface area contributed by atoms with Crippen molar-refractivity contribution in [3.63, 3.8) is 0 Å². The number of rotatable bonds is 3. The molecular formula is C7H9NO2. The summed E-state index contributed by atoms with van der Waals surface area (Å²) in [4.78, 5) is 0. The molecule has 0 radical (unpaired) electrons. The fourth-order valence-corrected chi connectivity index (χ4v) is 0.388. The third-order valence-electron chi connectivity index (χ3n) is 0.811. The number of hydrogen-bond donors (Lipinski definition) is 3. The highest BCUT2D eigenvalue weighted by molar-refractivity contribution is 5.81. The van der Waals surface area contributed by atoms with Gasteiger partial charge in [-0.15, -0.1) is 0 Å². The van der Waals surface area contributed by atoms with Gasteiger partial charge >= 0.3 is 0 Å². The van der Waals surface area contributed by atoms with E-state index in [9.17, 15) is 0 Å². The molecule has 0 aliphatic heterocycles. The maximum absolute atomic E-state index is 8.69. The zero-order valence-electron chi connectivity index (χ0n) is 5.46. The van der Waals surface area contributed by atoms with Crippen molar-refractivity contribution in [1.82, 2.24) is 0 Å². The van der Waals surface area contributed by atoms with Gasteiger partial charge in [-0.3, -0.25) is 0 Å². The SMILES string of the molecule is C=C(O)/C=C(/C=N)C(=C)O. The Bertz CT molecular complexity index is 204. The monoisotopic (exact) mass is 139 g/mol. The zero-order valence-corrected chi connectivity index (χ0v) is 5.46. The lowest BCUT2D eigenvalue weighted by Gasteiger charge is -1.95. The number of aliphatic hydroxyl groups is 2. The second kappa shape index (κ2) is 3.50. The summed E-state index contributed by atoms with van der Waals surface area (Å²) in [6, 6.07) is 0. The topological polar surface area (TPSA) is 64.3 Å². The summed E-state index contributed by atoms with van der Waals surface area (Å²) in [5.74, 6) is -0.473. The van der Waals surface area contributed by atoms with Crippen molar-refractivity contribution in [3.8, 4) is 0 Å². The molecule has 0 saturated carbocycles. The molecule has 0 amide bonds. The Morgan fingerprint density at radius 1 is 1.30 bits per heavy atom. The molecule has 0 spiro atoms. The molecule has 0 atom stereocenters. The average molecular weight is 139 g/mol. The first kappa shape index (κ1) is 8.49. The average Bonchev–Trinajstić information content (AvgIpc) is 1.81. The van der Waals surface area contributed by atoms with E-state index in [1.54, 1.807) is 0 Å². The second-order valence-corrected chi connectivity index (χ2v) is 1.68. The van der Waals surface area contributed by atoms with Crippen LogP contribution in [-0.2, 0) is 0 Å². The highest BCUT2D eigenvalue weighted by Gasteiger charge is 1.95. The minimum Gasteiger partial charge on any atom is -0.509 e. The first-order valence-corrected chi connectivity index (χ1v) is 2.56. The molecule has 3 heteroatoms. The van der Waals surface area contributed by atoms with E-state index in [0.717, 1.165) is 12.3 Å². The maximum Gasteiger partial charge on any atom is 0.117 e. The molecule has 10 heavy (non-hydrogen) atoms. The molecule has 0 aromatic rings. The van der Waals surface area contributed by atoms with Crippen LogP contribution in [0.3, 0.4) is 0 Å². The Morgan fingerprint density at radius 3 is 1.90 bits per heavy atom. The van der Waals surface area contributed by atoms with E-state index in [1.807, 2.05) is 0 Å². The molecule has 0 bridgehead atoms. The molecule has 0 unspecified atom stereocenters. The van der Waals surface area contributed by atoms with Crippen LogP contribution in [0.4, 0.5) is 0 Å². The normalized spacial score (nSPS) is 10.6. The van der Waals surface area contributed by atoms with Gasteiger partial charge in [0.05, 0.1) is 0 Å². The lowest BCUT2D eigenvalue weighted by atomic mass is 10.2. The van der Waals surface area contributed by atoms with Gasteiger partial charge in [-0.2, -0.15) is 0 Å². The van der Waals surface area contributed by atoms with Crippen molar-refractivity contribution in [3.05, 3.63) is 36.3 Å². The molecular weight excluding hydrogens is 130 g/mol. The van der Waals surface area contributed by atoms with E-state index in [4.69, 9.17) is 15.6 Å². The molecule has 3 nitrogen and oxygen atoms in total. The Kier molecular flexibility index (Phi) is 2.97.